The number of nitrogens with zero attached hydrogens (tertiary/aromatic N) is 1. The fraction of sp³-hybridized carbons (Fsp3) is 0.235. The van der Waals surface area contributed by atoms with Crippen LogP contribution in [0.4, 0.5) is 11.4 Å². The number of nitrogens with one attached hydrogen (secondary N) is 3. The number of anilines is 1. The van der Waals surface area contributed by atoms with E-state index in [1.54, 1.807) is 23.9 Å². The Kier molecular flexibility index (Phi) is 8.00. The highest BCUT2D eigenvalue weighted by Crippen LogP contribution is 2.16. The van der Waals surface area contributed by atoms with Gasteiger partial charge in [-0.05, 0) is 36.5 Å². The third kappa shape index (κ3) is 7.40. The van der Waals surface area contributed by atoms with Crippen molar-refractivity contribution in [2.24, 2.45) is 0 Å². The van der Waals surface area contributed by atoms with Gasteiger partial charge in [-0.15, -0.1) is 11.8 Å². The largest absolute Gasteiger partial charge is 0.383 e. The molecule has 0 aliphatic rings. The normalized spacial score (nSPS) is 10.1. The van der Waals surface area contributed by atoms with Crippen molar-refractivity contribution in [3.05, 3.63) is 64.7 Å². The molecule has 8 heteroatoms. The molecule has 0 aromatic heterocycles. The van der Waals surface area contributed by atoms with Crippen LogP contribution in [0.15, 0.2) is 59.5 Å². The summed E-state index contributed by atoms with van der Waals surface area (Å²) >= 11 is 7.01. The zero-order valence-corrected chi connectivity index (χ0v) is 15.2. The van der Waals surface area contributed by atoms with Gasteiger partial charge in [0.1, 0.15) is 0 Å². The summed E-state index contributed by atoms with van der Waals surface area (Å²) < 4.78 is 0. The standard InChI is InChI=1S/C17H20N4O2S2/c22-21(23)15-8-6-14(7-9-15)18-10-11-19-17(24)20-12-13-25-16-4-2-1-3-5-16/h1-9,18H,10-13H2,(H2,19,20,24). The first-order valence-corrected chi connectivity index (χ1v) is 9.22. The molecule has 0 radical (unpaired) electrons. The molecular weight excluding hydrogens is 356 g/mol. The van der Waals surface area contributed by atoms with E-state index < -0.39 is 4.92 Å². The van der Waals surface area contributed by atoms with E-state index >= 15 is 0 Å². The smallest absolute Gasteiger partial charge is 0.269 e. The van der Waals surface area contributed by atoms with E-state index in [2.05, 4.69) is 28.1 Å². The summed E-state index contributed by atoms with van der Waals surface area (Å²) in [5.41, 5.74) is 0.924. The minimum atomic E-state index is -0.411. The zero-order chi connectivity index (χ0) is 17.9. The molecule has 6 nitrogen and oxygen atoms in total. The van der Waals surface area contributed by atoms with Crippen molar-refractivity contribution in [3.8, 4) is 0 Å². The fourth-order valence-corrected chi connectivity index (χ4v) is 2.99. The van der Waals surface area contributed by atoms with Gasteiger partial charge >= 0.3 is 0 Å². The van der Waals surface area contributed by atoms with Crippen LogP contribution in [0.1, 0.15) is 0 Å². The summed E-state index contributed by atoms with van der Waals surface area (Å²) in [5, 5.41) is 20.7. The fourth-order valence-electron chi connectivity index (χ4n) is 2.00. The summed E-state index contributed by atoms with van der Waals surface area (Å²) in [7, 11) is 0. The molecule has 2 aromatic rings. The summed E-state index contributed by atoms with van der Waals surface area (Å²) in [6, 6.07) is 16.6. The maximum Gasteiger partial charge on any atom is 0.269 e. The van der Waals surface area contributed by atoms with Crippen molar-refractivity contribution in [1.29, 1.82) is 0 Å². The second-order valence-electron chi connectivity index (χ2n) is 5.07. The van der Waals surface area contributed by atoms with E-state index in [0.717, 1.165) is 18.0 Å². The first kappa shape index (κ1) is 19.0. The molecule has 0 bridgehead atoms. The number of hydrogen-bond donors (Lipinski definition) is 3. The van der Waals surface area contributed by atoms with Gasteiger partial charge in [0.05, 0.1) is 4.92 Å². The third-order valence-electron chi connectivity index (χ3n) is 3.22. The van der Waals surface area contributed by atoms with Gasteiger partial charge in [-0.3, -0.25) is 10.1 Å². The molecule has 0 spiro atoms. The first-order valence-electron chi connectivity index (χ1n) is 7.83. The van der Waals surface area contributed by atoms with Crippen LogP contribution in [0.2, 0.25) is 0 Å². The molecule has 3 N–H and O–H groups in total. The predicted molar refractivity (Wildman–Crippen MR) is 107 cm³/mol. The highest BCUT2D eigenvalue weighted by molar-refractivity contribution is 7.99. The van der Waals surface area contributed by atoms with Crippen molar-refractivity contribution in [1.82, 2.24) is 10.6 Å². The van der Waals surface area contributed by atoms with Gasteiger partial charge in [0.15, 0.2) is 5.11 Å². The molecule has 0 unspecified atom stereocenters. The molecular formula is C17H20N4O2S2. The molecule has 0 saturated carbocycles. The van der Waals surface area contributed by atoms with Crippen LogP contribution in [0.5, 0.6) is 0 Å². The topological polar surface area (TPSA) is 79.2 Å². The molecule has 0 aliphatic heterocycles. The predicted octanol–water partition coefficient (Wildman–Crippen LogP) is 3.26. The molecule has 0 aliphatic carbocycles. The van der Waals surface area contributed by atoms with Gasteiger partial charge in [0.25, 0.3) is 5.69 Å². The van der Waals surface area contributed by atoms with E-state index in [9.17, 15) is 10.1 Å². The van der Waals surface area contributed by atoms with Gasteiger partial charge in [0, 0.05) is 48.1 Å². The number of hydrogen-bond acceptors (Lipinski definition) is 5. The van der Waals surface area contributed by atoms with E-state index in [1.165, 1.54) is 17.0 Å². The van der Waals surface area contributed by atoms with E-state index in [-0.39, 0.29) is 5.69 Å². The van der Waals surface area contributed by atoms with Crippen molar-refractivity contribution in [2.75, 3.05) is 30.7 Å². The first-order chi connectivity index (χ1) is 12.1. The summed E-state index contributed by atoms with van der Waals surface area (Å²) in [4.78, 5) is 11.4. The van der Waals surface area contributed by atoms with Gasteiger partial charge < -0.3 is 16.0 Å². The minimum Gasteiger partial charge on any atom is -0.383 e. The Labute approximate surface area is 156 Å². The Morgan fingerprint density at radius 1 is 1.00 bits per heavy atom. The third-order valence-corrected chi connectivity index (χ3v) is 4.52. The van der Waals surface area contributed by atoms with Gasteiger partial charge in [-0.2, -0.15) is 0 Å². The monoisotopic (exact) mass is 376 g/mol. The van der Waals surface area contributed by atoms with Crippen LogP contribution in [0, 0.1) is 10.1 Å². The number of nitro benzene ring substituents is 1. The second-order valence-corrected chi connectivity index (χ2v) is 6.65. The van der Waals surface area contributed by atoms with Gasteiger partial charge in [-0.1, -0.05) is 18.2 Å². The maximum atomic E-state index is 10.6. The lowest BCUT2D eigenvalue weighted by Gasteiger charge is -2.11. The molecule has 2 rings (SSSR count). The van der Waals surface area contributed by atoms with Crippen molar-refractivity contribution in [3.63, 3.8) is 0 Å². The Morgan fingerprint density at radius 2 is 1.68 bits per heavy atom. The lowest BCUT2D eigenvalue weighted by molar-refractivity contribution is -0.384. The molecule has 0 fully saturated rings. The number of thioether (sulfide) groups is 1. The van der Waals surface area contributed by atoms with Crippen LogP contribution in [-0.4, -0.2) is 35.4 Å². The Morgan fingerprint density at radius 3 is 2.36 bits per heavy atom. The van der Waals surface area contributed by atoms with Crippen LogP contribution >= 0.6 is 24.0 Å². The highest BCUT2D eigenvalue weighted by Gasteiger charge is 2.03. The molecule has 0 amide bonds. The number of thiocarbonyl (C=S) groups is 1. The zero-order valence-electron chi connectivity index (χ0n) is 13.6. The average Bonchev–Trinajstić information content (AvgIpc) is 2.63. The van der Waals surface area contributed by atoms with E-state index in [1.807, 2.05) is 18.2 Å². The second kappa shape index (κ2) is 10.5. The summed E-state index contributed by atoms with van der Waals surface area (Å²) in [5.74, 6) is 0.937. The van der Waals surface area contributed by atoms with Crippen LogP contribution in [-0.2, 0) is 0 Å². The van der Waals surface area contributed by atoms with Gasteiger partial charge in [-0.25, -0.2) is 0 Å². The molecule has 25 heavy (non-hydrogen) atoms. The van der Waals surface area contributed by atoms with Crippen LogP contribution in [0.3, 0.4) is 0 Å². The lowest BCUT2D eigenvalue weighted by Crippen LogP contribution is -2.38. The SMILES string of the molecule is O=[N+]([O-])c1ccc(NCCNC(=S)NCCSc2ccccc2)cc1. The molecule has 0 heterocycles. The van der Waals surface area contributed by atoms with Crippen LogP contribution in [0.25, 0.3) is 0 Å². The summed E-state index contributed by atoms with van der Waals surface area (Å²) in [6.07, 6.45) is 0. The Balaban J connectivity index is 1.54. The average molecular weight is 377 g/mol. The molecule has 2 aromatic carbocycles. The van der Waals surface area contributed by atoms with Crippen molar-refractivity contribution >= 4 is 40.5 Å². The Bertz CT molecular complexity index is 681. The van der Waals surface area contributed by atoms with Crippen LogP contribution < -0.4 is 16.0 Å². The highest BCUT2D eigenvalue weighted by atomic mass is 32.2. The molecule has 0 saturated heterocycles. The number of benzene rings is 2. The summed E-state index contributed by atoms with van der Waals surface area (Å²) in [6.45, 7) is 2.12. The lowest BCUT2D eigenvalue weighted by atomic mass is 10.3. The number of nitro groups is 1. The van der Waals surface area contributed by atoms with E-state index in [4.69, 9.17) is 12.2 Å². The number of non-ortho nitro benzene ring substituents is 1. The minimum absolute atomic E-state index is 0.0856. The van der Waals surface area contributed by atoms with Crippen molar-refractivity contribution in [2.45, 2.75) is 4.90 Å². The number of rotatable bonds is 9. The van der Waals surface area contributed by atoms with Gasteiger partial charge in [0.2, 0.25) is 0 Å². The quantitative estimate of drug-likeness (QED) is 0.204. The Hall–Kier alpha value is -2.32. The molecule has 0 atom stereocenters. The van der Waals surface area contributed by atoms with E-state index in [0.29, 0.717) is 18.2 Å². The molecule has 132 valence electrons. The maximum absolute atomic E-state index is 10.6. The van der Waals surface area contributed by atoms with Crippen molar-refractivity contribution < 1.29 is 4.92 Å².